The molecule has 0 N–H and O–H groups in total. The molecule has 4 heterocycles. The van der Waals surface area contributed by atoms with Crippen LogP contribution in [0.5, 0.6) is 0 Å². The van der Waals surface area contributed by atoms with E-state index in [4.69, 9.17) is 9.97 Å². The molecule has 0 saturated carbocycles. The monoisotopic (exact) mass is 610 g/mol. The molecule has 11 rings (SSSR count). The molecule has 48 heavy (non-hydrogen) atoms. The first-order chi connectivity index (χ1) is 23.8. The zero-order valence-corrected chi connectivity index (χ0v) is 25.8. The fourth-order valence-corrected chi connectivity index (χ4v) is 8.02. The summed E-state index contributed by atoms with van der Waals surface area (Å²) in [6.07, 6.45) is 0. The minimum Gasteiger partial charge on any atom is -0.308 e. The molecule has 0 aliphatic carbocycles. The average molecular weight is 611 g/mol. The van der Waals surface area contributed by atoms with E-state index in [2.05, 4.69) is 161 Å². The third-order valence-electron chi connectivity index (χ3n) is 10.0. The van der Waals surface area contributed by atoms with Crippen LogP contribution in [0.25, 0.3) is 99.1 Å². The van der Waals surface area contributed by atoms with Crippen LogP contribution in [0.2, 0.25) is 0 Å². The summed E-state index contributed by atoms with van der Waals surface area (Å²) < 4.78 is 4.82. The van der Waals surface area contributed by atoms with E-state index in [0.717, 1.165) is 50.3 Å². The minimum atomic E-state index is 0.826. The van der Waals surface area contributed by atoms with Crippen molar-refractivity contribution in [1.82, 2.24) is 18.9 Å². The summed E-state index contributed by atoms with van der Waals surface area (Å²) in [6, 6.07) is 56.2. The Morgan fingerprint density at radius 3 is 1.81 bits per heavy atom. The van der Waals surface area contributed by atoms with E-state index in [-0.39, 0.29) is 0 Å². The molecule has 7 aromatic carbocycles. The number of hydrogen-bond donors (Lipinski definition) is 0. The van der Waals surface area contributed by atoms with Crippen molar-refractivity contribution in [1.29, 1.82) is 0 Å². The molecule has 4 aromatic heterocycles. The Bertz CT molecular complexity index is 3040. The fraction of sp³-hybridized carbons (Fsp3) is 0. The second-order valence-corrected chi connectivity index (χ2v) is 12.6. The lowest BCUT2D eigenvalue weighted by molar-refractivity contribution is 1.08. The number of hydrogen-bond acceptors (Lipinski definition) is 2. The number of para-hydroxylation sites is 2. The van der Waals surface area contributed by atoms with Crippen LogP contribution < -0.4 is 0 Å². The van der Waals surface area contributed by atoms with Gasteiger partial charge in [-0.1, -0.05) is 121 Å². The Hall–Kier alpha value is -6.52. The average Bonchev–Trinajstić information content (AvgIpc) is 3.64. The molecule has 4 nitrogen and oxygen atoms in total. The number of fused-ring (bicyclic) bond motifs is 6. The lowest BCUT2D eigenvalue weighted by atomic mass is 10.0. The number of aromatic nitrogens is 4. The smallest absolute Gasteiger partial charge is 0.165 e. The summed E-state index contributed by atoms with van der Waals surface area (Å²) in [5.41, 5.74) is 11.8. The van der Waals surface area contributed by atoms with Gasteiger partial charge in [-0.2, -0.15) is 0 Å². The molecule has 0 spiro atoms. The van der Waals surface area contributed by atoms with Gasteiger partial charge in [-0.3, -0.25) is 4.57 Å². The van der Waals surface area contributed by atoms with Crippen LogP contribution in [0.15, 0.2) is 158 Å². The van der Waals surface area contributed by atoms with Crippen LogP contribution in [0.3, 0.4) is 0 Å². The summed E-state index contributed by atoms with van der Waals surface area (Å²) in [5.74, 6) is 0.826. The predicted octanol–water partition coefficient (Wildman–Crippen LogP) is 11.2. The van der Waals surface area contributed by atoms with Gasteiger partial charge in [-0.25, -0.2) is 9.97 Å². The maximum Gasteiger partial charge on any atom is 0.165 e. The highest BCUT2D eigenvalue weighted by Gasteiger charge is 2.24. The van der Waals surface area contributed by atoms with Gasteiger partial charge in [-0.15, -0.1) is 0 Å². The van der Waals surface area contributed by atoms with E-state index >= 15 is 0 Å². The Labute approximate surface area is 275 Å². The molecule has 0 amide bonds. The molecular formula is C44H26N4. The Morgan fingerprint density at radius 2 is 0.979 bits per heavy atom. The first-order valence-corrected chi connectivity index (χ1v) is 16.4. The van der Waals surface area contributed by atoms with Gasteiger partial charge in [-0.05, 0) is 52.9 Å². The standard InChI is InChI=1S/C44H26N4/c1-3-12-27(13-4-1)29-24-25-34-35(26-29)45-42(28-14-5-2-6-15-28)44(46-34)48-37-21-10-17-31-33-19-9-18-32-30-16-7-8-20-36(30)47(43(32)33)38-22-11-23-39(48)41(38)40(31)37/h1-26H. The molecule has 0 unspecified atom stereocenters. The lowest BCUT2D eigenvalue weighted by Gasteiger charge is -2.14. The van der Waals surface area contributed by atoms with Gasteiger partial charge in [0.25, 0.3) is 0 Å². The summed E-state index contributed by atoms with van der Waals surface area (Å²) in [5, 5.41) is 7.48. The minimum absolute atomic E-state index is 0.826. The van der Waals surface area contributed by atoms with Crippen LogP contribution >= 0.6 is 0 Å². The van der Waals surface area contributed by atoms with Crippen LogP contribution in [-0.2, 0) is 0 Å². The van der Waals surface area contributed by atoms with Crippen LogP contribution in [0.4, 0.5) is 0 Å². The molecular weight excluding hydrogens is 585 g/mol. The van der Waals surface area contributed by atoms with Gasteiger partial charge in [0.15, 0.2) is 5.82 Å². The molecule has 0 aliphatic rings. The topological polar surface area (TPSA) is 35.1 Å². The van der Waals surface area contributed by atoms with E-state index < -0.39 is 0 Å². The van der Waals surface area contributed by atoms with Crippen molar-refractivity contribution in [3.05, 3.63) is 158 Å². The van der Waals surface area contributed by atoms with Gasteiger partial charge < -0.3 is 4.40 Å². The summed E-state index contributed by atoms with van der Waals surface area (Å²) in [6.45, 7) is 0. The van der Waals surface area contributed by atoms with Crippen molar-refractivity contribution in [2.45, 2.75) is 0 Å². The lowest BCUT2D eigenvalue weighted by Crippen LogP contribution is -2.04. The van der Waals surface area contributed by atoms with E-state index in [1.165, 1.54) is 48.9 Å². The normalized spacial score (nSPS) is 12.2. The van der Waals surface area contributed by atoms with Gasteiger partial charge in [0.1, 0.15) is 5.69 Å². The molecule has 0 radical (unpaired) electrons. The zero-order chi connectivity index (χ0) is 31.3. The third kappa shape index (κ3) is 3.38. The van der Waals surface area contributed by atoms with Crippen LogP contribution in [-0.4, -0.2) is 18.9 Å². The van der Waals surface area contributed by atoms with E-state index in [1.54, 1.807) is 0 Å². The van der Waals surface area contributed by atoms with Crippen molar-refractivity contribution in [3.8, 4) is 28.2 Å². The number of nitrogens with zero attached hydrogens (tertiary/aromatic N) is 4. The molecule has 11 aromatic rings. The highest BCUT2D eigenvalue weighted by Crippen LogP contribution is 2.44. The number of benzene rings is 7. The zero-order valence-electron chi connectivity index (χ0n) is 25.8. The molecule has 0 saturated heterocycles. The summed E-state index contributed by atoms with van der Waals surface area (Å²) in [7, 11) is 0. The first kappa shape index (κ1) is 25.6. The Kier molecular flexibility index (Phi) is 5.08. The molecule has 0 fully saturated rings. The summed E-state index contributed by atoms with van der Waals surface area (Å²) >= 11 is 0. The number of rotatable bonds is 3. The van der Waals surface area contributed by atoms with Crippen LogP contribution in [0, 0.1) is 0 Å². The quantitative estimate of drug-likeness (QED) is 0.199. The van der Waals surface area contributed by atoms with E-state index in [0.29, 0.717) is 0 Å². The second-order valence-electron chi connectivity index (χ2n) is 12.6. The van der Waals surface area contributed by atoms with Crippen molar-refractivity contribution in [2.24, 2.45) is 0 Å². The molecule has 222 valence electrons. The van der Waals surface area contributed by atoms with Gasteiger partial charge in [0.2, 0.25) is 0 Å². The van der Waals surface area contributed by atoms with Crippen LogP contribution in [0.1, 0.15) is 0 Å². The molecule has 0 aliphatic heterocycles. The van der Waals surface area contributed by atoms with Crippen molar-refractivity contribution in [2.75, 3.05) is 0 Å². The van der Waals surface area contributed by atoms with Gasteiger partial charge >= 0.3 is 0 Å². The van der Waals surface area contributed by atoms with E-state index in [9.17, 15) is 0 Å². The maximum absolute atomic E-state index is 5.45. The van der Waals surface area contributed by atoms with E-state index in [1.807, 2.05) is 6.07 Å². The highest BCUT2D eigenvalue weighted by atomic mass is 15.1. The SMILES string of the molecule is c1ccc(-c2ccc3nc(-n4c5cccc6c7cccc8c9ccccc9n(c9cccc4c9c65)c78)c(-c4ccccc4)nc3c2)cc1. The second kappa shape index (κ2) is 9.50. The van der Waals surface area contributed by atoms with Gasteiger partial charge in [0, 0.05) is 32.5 Å². The highest BCUT2D eigenvalue weighted by molar-refractivity contribution is 6.31. The van der Waals surface area contributed by atoms with Crippen molar-refractivity contribution < 1.29 is 0 Å². The predicted molar refractivity (Wildman–Crippen MR) is 199 cm³/mol. The molecule has 0 atom stereocenters. The van der Waals surface area contributed by atoms with Gasteiger partial charge in [0.05, 0.1) is 38.6 Å². The largest absolute Gasteiger partial charge is 0.308 e. The Balaban J connectivity index is 1.32. The fourth-order valence-electron chi connectivity index (χ4n) is 8.02. The maximum atomic E-state index is 5.45. The first-order valence-electron chi connectivity index (χ1n) is 16.4. The summed E-state index contributed by atoms with van der Waals surface area (Å²) in [4.78, 5) is 10.8. The molecule has 0 bridgehead atoms. The van der Waals surface area contributed by atoms with Crippen molar-refractivity contribution >= 4 is 70.9 Å². The van der Waals surface area contributed by atoms with Crippen molar-refractivity contribution in [3.63, 3.8) is 0 Å². The molecule has 4 heteroatoms. The third-order valence-corrected chi connectivity index (χ3v) is 10.0. The Morgan fingerprint density at radius 1 is 0.375 bits per heavy atom.